The third kappa shape index (κ3) is 3.09. The largest absolute Gasteiger partial charge is 0.379 e. The Labute approximate surface area is 88.8 Å². The fourth-order valence-corrected chi connectivity index (χ4v) is 1.25. The topological polar surface area (TPSA) is 55.2 Å². The van der Waals surface area contributed by atoms with Gasteiger partial charge in [-0.15, -0.1) is 6.58 Å². The maximum Gasteiger partial charge on any atom is 0.292 e. The van der Waals surface area contributed by atoms with Crippen molar-refractivity contribution in [3.05, 3.63) is 46.5 Å². The van der Waals surface area contributed by atoms with Gasteiger partial charge in [0.25, 0.3) is 5.69 Å². The third-order valence-corrected chi connectivity index (χ3v) is 2.01. The van der Waals surface area contributed by atoms with Crippen LogP contribution in [0.15, 0.2) is 30.9 Å². The molecule has 0 heterocycles. The monoisotopic (exact) mass is 206 g/mol. The molecule has 4 heteroatoms. The van der Waals surface area contributed by atoms with Crippen LogP contribution in [0.1, 0.15) is 12.0 Å². The Balaban J connectivity index is 2.85. The molecule has 0 saturated carbocycles. The summed E-state index contributed by atoms with van der Waals surface area (Å²) in [4.78, 5) is 10.4. The molecule has 0 aliphatic carbocycles. The number of nitro benzene ring substituents is 1. The van der Waals surface area contributed by atoms with E-state index in [1.807, 2.05) is 13.0 Å². The molecule has 1 N–H and O–H groups in total. The van der Waals surface area contributed by atoms with Gasteiger partial charge in [-0.1, -0.05) is 12.1 Å². The molecule has 0 fully saturated rings. The zero-order chi connectivity index (χ0) is 11.3. The summed E-state index contributed by atoms with van der Waals surface area (Å²) in [6.07, 6.45) is 2.55. The molecule has 0 unspecified atom stereocenters. The Bertz CT molecular complexity index is 375. The molecule has 1 aromatic rings. The fraction of sp³-hybridized carbons (Fsp3) is 0.273. The first-order valence-electron chi connectivity index (χ1n) is 4.75. The highest BCUT2D eigenvalue weighted by atomic mass is 16.6. The summed E-state index contributed by atoms with van der Waals surface area (Å²) in [5.74, 6) is 0. The van der Waals surface area contributed by atoms with Crippen LogP contribution < -0.4 is 5.32 Å². The predicted octanol–water partition coefficient (Wildman–Crippen LogP) is 2.89. The maximum atomic E-state index is 10.8. The SMILES string of the molecule is C=CCCNc1ccc(C)cc1[N+](=O)[O-]. The van der Waals surface area contributed by atoms with Crippen LogP contribution >= 0.6 is 0 Å². The van der Waals surface area contributed by atoms with Crippen molar-refractivity contribution in [1.29, 1.82) is 0 Å². The molecule has 0 bridgehead atoms. The lowest BCUT2D eigenvalue weighted by atomic mass is 10.2. The van der Waals surface area contributed by atoms with Gasteiger partial charge in [0.1, 0.15) is 5.69 Å². The molecule has 0 aromatic heterocycles. The minimum absolute atomic E-state index is 0.124. The van der Waals surface area contributed by atoms with Crippen molar-refractivity contribution in [2.24, 2.45) is 0 Å². The smallest absolute Gasteiger partial charge is 0.292 e. The van der Waals surface area contributed by atoms with Crippen molar-refractivity contribution in [1.82, 2.24) is 0 Å². The second kappa shape index (κ2) is 5.14. The Kier molecular flexibility index (Phi) is 3.85. The van der Waals surface area contributed by atoms with Crippen molar-refractivity contribution in [3.63, 3.8) is 0 Å². The van der Waals surface area contributed by atoms with Crippen molar-refractivity contribution in [2.45, 2.75) is 13.3 Å². The number of anilines is 1. The van der Waals surface area contributed by atoms with Crippen LogP contribution in [0, 0.1) is 17.0 Å². The van der Waals surface area contributed by atoms with Crippen LogP contribution in [0.25, 0.3) is 0 Å². The molecule has 80 valence electrons. The van der Waals surface area contributed by atoms with Gasteiger partial charge in [-0.2, -0.15) is 0 Å². The summed E-state index contributed by atoms with van der Waals surface area (Å²) in [7, 11) is 0. The van der Waals surface area contributed by atoms with Crippen molar-refractivity contribution >= 4 is 11.4 Å². The normalized spacial score (nSPS) is 9.67. The van der Waals surface area contributed by atoms with Gasteiger partial charge in [0.05, 0.1) is 4.92 Å². The van der Waals surface area contributed by atoms with Crippen molar-refractivity contribution in [2.75, 3.05) is 11.9 Å². The van der Waals surface area contributed by atoms with E-state index in [4.69, 9.17) is 0 Å². The molecule has 0 amide bonds. The van der Waals surface area contributed by atoms with Crippen LogP contribution in [0.2, 0.25) is 0 Å². The Morgan fingerprint density at radius 1 is 1.60 bits per heavy atom. The molecule has 1 rings (SSSR count). The molecule has 0 aliphatic heterocycles. The maximum absolute atomic E-state index is 10.8. The first-order valence-corrected chi connectivity index (χ1v) is 4.75. The molecule has 0 radical (unpaired) electrons. The van der Waals surface area contributed by atoms with Crippen LogP contribution in [0.4, 0.5) is 11.4 Å². The minimum Gasteiger partial charge on any atom is -0.379 e. The van der Waals surface area contributed by atoms with Crippen LogP contribution in [0.3, 0.4) is 0 Å². The minimum atomic E-state index is -0.372. The van der Waals surface area contributed by atoms with Crippen molar-refractivity contribution < 1.29 is 4.92 Å². The van der Waals surface area contributed by atoms with E-state index >= 15 is 0 Å². The zero-order valence-electron chi connectivity index (χ0n) is 8.69. The van der Waals surface area contributed by atoms with Gasteiger partial charge in [-0.05, 0) is 25.0 Å². The Morgan fingerprint density at radius 2 is 2.33 bits per heavy atom. The number of nitrogens with one attached hydrogen (secondary N) is 1. The number of benzene rings is 1. The number of hydrogen-bond acceptors (Lipinski definition) is 3. The summed E-state index contributed by atoms with van der Waals surface area (Å²) < 4.78 is 0. The highest BCUT2D eigenvalue weighted by Gasteiger charge is 2.12. The predicted molar refractivity (Wildman–Crippen MR) is 61.1 cm³/mol. The molecule has 0 atom stereocenters. The van der Waals surface area contributed by atoms with Crippen LogP contribution in [-0.4, -0.2) is 11.5 Å². The molecule has 15 heavy (non-hydrogen) atoms. The van der Waals surface area contributed by atoms with E-state index in [-0.39, 0.29) is 10.6 Å². The number of rotatable bonds is 5. The third-order valence-electron chi connectivity index (χ3n) is 2.01. The highest BCUT2D eigenvalue weighted by molar-refractivity contribution is 5.62. The van der Waals surface area contributed by atoms with Gasteiger partial charge >= 0.3 is 0 Å². The molecule has 4 nitrogen and oxygen atoms in total. The van der Waals surface area contributed by atoms with E-state index in [0.717, 1.165) is 12.0 Å². The summed E-state index contributed by atoms with van der Waals surface area (Å²) in [6, 6.07) is 5.15. The number of aryl methyl sites for hydroxylation is 1. The van der Waals surface area contributed by atoms with E-state index in [9.17, 15) is 10.1 Å². The lowest BCUT2D eigenvalue weighted by molar-refractivity contribution is -0.384. The Morgan fingerprint density at radius 3 is 2.93 bits per heavy atom. The van der Waals surface area contributed by atoms with E-state index in [0.29, 0.717) is 12.2 Å². The van der Waals surface area contributed by atoms with Gasteiger partial charge in [0, 0.05) is 12.6 Å². The average molecular weight is 206 g/mol. The quantitative estimate of drug-likeness (QED) is 0.349. The van der Waals surface area contributed by atoms with Crippen LogP contribution in [-0.2, 0) is 0 Å². The molecule has 1 aromatic carbocycles. The molecular weight excluding hydrogens is 192 g/mol. The summed E-state index contributed by atoms with van der Waals surface area (Å²) in [6.45, 7) is 6.08. The molecule has 0 saturated heterocycles. The highest BCUT2D eigenvalue weighted by Crippen LogP contribution is 2.24. The second-order valence-electron chi connectivity index (χ2n) is 3.28. The van der Waals surface area contributed by atoms with Gasteiger partial charge < -0.3 is 5.32 Å². The summed E-state index contributed by atoms with van der Waals surface area (Å²) >= 11 is 0. The van der Waals surface area contributed by atoms with E-state index in [1.54, 1.807) is 18.2 Å². The zero-order valence-corrected chi connectivity index (χ0v) is 8.69. The molecule has 0 aliphatic rings. The van der Waals surface area contributed by atoms with E-state index in [1.165, 1.54) is 0 Å². The summed E-state index contributed by atoms with van der Waals surface area (Å²) in [5, 5.41) is 13.8. The van der Waals surface area contributed by atoms with Gasteiger partial charge in [0.2, 0.25) is 0 Å². The summed E-state index contributed by atoms with van der Waals surface area (Å²) in [5.41, 5.74) is 1.57. The number of hydrogen-bond donors (Lipinski definition) is 1. The average Bonchev–Trinajstić information content (AvgIpc) is 2.20. The number of nitrogens with zero attached hydrogens (tertiary/aromatic N) is 1. The fourth-order valence-electron chi connectivity index (χ4n) is 1.25. The first-order chi connectivity index (χ1) is 7.15. The van der Waals surface area contributed by atoms with Crippen LogP contribution in [0.5, 0.6) is 0 Å². The number of nitro groups is 1. The van der Waals surface area contributed by atoms with E-state index in [2.05, 4.69) is 11.9 Å². The van der Waals surface area contributed by atoms with Gasteiger partial charge in [-0.3, -0.25) is 10.1 Å². The molecule has 0 spiro atoms. The molecular formula is C11H14N2O2. The van der Waals surface area contributed by atoms with Crippen molar-refractivity contribution in [3.8, 4) is 0 Å². The second-order valence-corrected chi connectivity index (χ2v) is 3.28. The van der Waals surface area contributed by atoms with E-state index < -0.39 is 0 Å². The lowest BCUT2D eigenvalue weighted by Gasteiger charge is -2.05. The van der Waals surface area contributed by atoms with Gasteiger partial charge in [-0.25, -0.2) is 0 Å². The van der Waals surface area contributed by atoms with Gasteiger partial charge in [0.15, 0.2) is 0 Å². The first kappa shape index (κ1) is 11.2. The standard InChI is InChI=1S/C11H14N2O2/c1-3-4-7-12-10-6-5-9(2)8-11(10)13(14)15/h3,5-6,8,12H,1,4,7H2,2H3. The lowest BCUT2D eigenvalue weighted by Crippen LogP contribution is -2.03. The Hall–Kier alpha value is -1.84.